The van der Waals surface area contributed by atoms with Gasteiger partial charge in [-0.05, 0) is 65.2 Å². The van der Waals surface area contributed by atoms with Crippen molar-refractivity contribution in [1.29, 1.82) is 0 Å². The molecule has 1 fully saturated rings. The number of nitrogens with one attached hydrogen (secondary N) is 1. The van der Waals surface area contributed by atoms with E-state index in [1.54, 1.807) is 0 Å². The maximum absolute atomic E-state index is 12.4. The largest absolute Gasteiger partial charge is 0.465 e. The van der Waals surface area contributed by atoms with Gasteiger partial charge in [-0.15, -0.1) is 0 Å². The Hall–Kier alpha value is -0.610. The van der Waals surface area contributed by atoms with E-state index < -0.39 is 5.54 Å². The van der Waals surface area contributed by atoms with Crippen LogP contribution in [0.4, 0.5) is 0 Å². The molecule has 1 N–H and O–H groups in total. The second-order valence-corrected chi connectivity index (χ2v) is 6.11. The van der Waals surface area contributed by atoms with Gasteiger partial charge in [-0.25, -0.2) is 0 Å². The van der Waals surface area contributed by atoms with Crippen molar-refractivity contribution < 1.29 is 9.53 Å². The summed E-state index contributed by atoms with van der Waals surface area (Å²) in [4.78, 5) is 14.9. The van der Waals surface area contributed by atoms with E-state index >= 15 is 0 Å². The summed E-state index contributed by atoms with van der Waals surface area (Å²) in [5.74, 6) is 0.351. The lowest BCUT2D eigenvalue weighted by molar-refractivity contribution is -0.153. The van der Waals surface area contributed by atoms with Gasteiger partial charge in [0.15, 0.2) is 0 Å². The van der Waals surface area contributed by atoms with Crippen molar-refractivity contribution in [3.8, 4) is 0 Å². The van der Waals surface area contributed by atoms with Gasteiger partial charge >= 0.3 is 5.97 Å². The molecule has 0 aromatic carbocycles. The molecule has 0 amide bonds. The first-order chi connectivity index (χ1) is 10.1. The Balaban J connectivity index is 2.60. The van der Waals surface area contributed by atoms with E-state index in [9.17, 15) is 4.79 Å². The highest BCUT2D eigenvalue weighted by Gasteiger charge is 2.48. The summed E-state index contributed by atoms with van der Waals surface area (Å²) in [5, 5.41) is 3.30. The highest BCUT2D eigenvalue weighted by molar-refractivity contribution is 5.81. The molecule has 0 aliphatic heterocycles. The molecule has 4 heteroatoms. The van der Waals surface area contributed by atoms with Crippen molar-refractivity contribution in [2.75, 3.05) is 33.3 Å². The fraction of sp³-hybridized carbons (Fsp3) is 0.941. The Bertz CT molecular complexity index is 309. The van der Waals surface area contributed by atoms with Crippen LogP contribution in [0.3, 0.4) is 0 Å². The predicted molar refractivity (Wildman–Crippen MR) is 87.4 cm³/mol. The lowest BCUT2D eigenvalue weighted by atomic mass is 9.84. The summed E-state index contributed by atoms with van der Waals surface area (Å²) >= 11 is 0. The summed E-state index contributed by atoms with van der Waals surface area (Å²) in [6.45, 7) is 10.2. The second kappa shape index (κ2) is 9.42. The number of carbonyl (C=O) groups is 1. The standard InChI is InChI=1S/C17H34N2O2/c1-5-8-13-19(6-2)14-11-15-10-9-12-17(15,18-4)16(20)21-7-3/h15,18H,5-14H2,1-4H3. The van der Waals surface area contributed by atoms with Gasteiger partial charge in [0.1, 0.15) is 5.54 Å². The van der Waals surface area contributed by atoms with Crippen molar-refractivity contribution in [1.82, 2.24) is 10.2 Å². The van der Waals surface area contributed by atoms with E-state index in [2.05, 4.69) is 24.1 Å². The number of rotatable bonds is 10. The van der Waals surface area contributed by atoms with Crippen molar-refractivity contribution in [2.45, 2.75) is 64.8 Å². The van der Waals surface area contributed by atoms with Gasteiger partial charge in [-0.1, -0.05) is 26.7 Å². The van der Waals surface area contributed by atoms with Crippen molar-refractivity contribution >= 4 is 5.97 Å². The smallest absolute Gasteiger partial charge is 0.326 e. The molecule has 2 unspecified atom stereocenters. The van der Waals surface area contributed by atoms with Gasteiger partial charge in [0.25, 0.3) is 0 Å². The molecule has 0 spiro atoms. The molecular formula is C17H34N2O2. The van der Waals surface area contributed by atoms with Crippen LogP contribution in [0, 0.1) is 5.92 Å². The van der Waals surface area contributed by atoms with E-state index in [-0.39, 0.29) is 5.97 Å². The normalized spacial score (nSPS) is 25.5. The summed E-state index contributed by atoms with van der Waals surface area (Å²) in [6, 6.07) is 0. The first-order valence-corrected chi connectivity index (χ1v) is 8.73. The van der Waals surface area contributed by atoms with Gasteiger partial charge in [0, 0.05) is 0 Å². The lowest BCUT2D eigenvalue weighted by Crippen LogP contribution is -2.54. The summed E-state index contributed by atoms with van der Waals surface area (Å²) < 4.78 is 5.33. The number of esters is 1. The zero-order valence-electron chi connectivity index (χ0n) is 14.4. The second-order valence-electron chi connectivity index (χ2n) is 6.11. The molecule has 1 rings (SSSR count). The molecular weight excluding hydrogens is 264 g/mol. The third kappa shape index (κ3) is 4.68. The van der Waals surface area contributed by atoms with E-state index in [0.717, 1.165) is 38.8 Å². The molecule has 2 atom stereocenters. The third-order valence-electron chi connectivity index (χ3n) is 4.98. The quantitative estimate of drug-likeness (QED) is 0.630. The number of likely N-dealkylation sites (N-methyl/N-ethyl adjacent to an activating group) is 1. The van der Waals surface area contributed by atoms with E-state index in [1.807, 2.05) is 14.0 Å². The highest BCUT2D eigenvalue weighted by atomic mass is 16.5. The number of unbranched alkanes of at least 4 members (excludes halogenated alkanes) is 1. The summed E-state index contributed by atoms with van der Waals surface area (Å²) in [7, 11) is 1.91. The number of hydrogen-bond acceptors (Lipinski definition) is 4. The van der Waals surface area contributed by atoms with Crippen LogP contribution in [-0.4, -0.2) is 49.7 Å². The Labute approximate surface area is 130 Å². The minimum Gasteiger partial charge on any atom is -0.465 e. The third-order valence-corrected chi connectivity index (χ3v) is 4.98. The van der Waals surface area contributed by atoms with Crippen LogP contribution in [0.25, 0.3) is 0 Å². The molecule has 0 bridgehead atoms. The summed E-state index contributed by atoms with van der Waals surface area (Å²) in [5.41, 5.74) is -0.444. The average Bonchev–Trinajstić information content (AvgIpc) is 2.92. The predicted octanol–water partition coefficient (Wildman–Crippen LogP) is 2.82. The van der Waals surface area contributed by atoms with Crippen molar-refractivity contribution in [3.05, 3.63) is 0 Å². The molecule has 1 aliphatic carbocycles. The SMILES string of the molecule is CCCCN(CC)CCC1CCCC1(NC)C(=O)OCC. The van der Waals surface area contributed by atoms with Gasteiger partial charge in [-0.2, -0.15) is 0 Å². The van der Waals surface area contributed by atoms with Crippen LogP contribution in [0.2, 0.25) is 0 Å². The average molecular weight is 298 g/mol. The fourth-order valence-corrected chi connectivity index (χ4v) is 3.58. The first-order valence-electron chi connectivity index (χ1n) is 8.73. The van der Waals surface area contributed by atoms with E-state index in [0.29, 0.717) is 12.5 Å². The topological polar surface area (TPSA) is 41.6 Å². The van der Waals surface area contributed by atoms with Crippen LogP contribution in [-0.2, 0) is 9.53 Å². The number of ether oxygens (including phenoxy) is 1. The van der Waals surface area contributed by atoms with Crippen molar-refractivity contribution in [3.63, 3.8) is 0 Å². The molecule has 4 nitrogen and oxygen atoms in total. The molecule has 0 heterocycles. The van der Waals surface area contributed by atoms with Crippen LogP contribution in [0.15, 0.2) is 0 Å². The van der Waals surface area contributed by atoms with Crippen molar-refractivity contribution in [2.24, 2.45) is 5.92 Å². The van der Waals surface area contributed by atoms with Gasteiger partial charge in [-0.3, -0.25) is 4.79 Å². The minimum absolute atomic E-state index is 0.0494. The molecule has 21 heavy (non-hydrogen) atoms. The Morgan fingerprint density at radius 1 is 1.33 bits per heavy atom. The van der Waals surface area contributed by atoms with Crippen LogP contribution in [0.5, 0.6) is 0 Å². The number of nitrogens with zero attached hydrogens (tertiary/aromatic N) is 1. The van der Waals surface area contributed by atoms with Gasteiger partial charge in [0.05, 0.1) is 6.61 Å². The van der Waals surface area contributed by atoms with Gasteiger partial charge < -0.3 is 15.0 Å². The monoisotopic (exact) mass is 298 g/mol. The lowest BCUT2D eigenvalue weighted by Gasteiger charge is -2.34. The molecule has 0 radical (unpaired) electrons. The van der Waals surface area contributed by atoms with Crippen LogP contribution < -0.4 is 5.32 Å². The zero-order chi connectivity index (χ0) is 15.7. The molecule has 0 aromatic rings. The zero-order valence-corrected chi connectivity index (χ0v) is 14.4. The summed E-state index contributed by atoms with van der Waals surface area (Å²) in [6.07, 6.45) is 6.73. The van der Waals surface area contributed by atoms with Gasteiger partial charge in [0.2, 0.25) is 0 Å². The number of hydrogen-bond donors (Lipinski definition) is 1. The highest BCUT2D eigenvalue weighted by Crippen LogP contribution is 2.38. The minimum atomic E-state index is -0.444. The first kappa shape index (κ1) is 18.4. The molecule has 0 saturated heterocycles. The fourth-order valence-electron chi connectivity index (χ4n) is 3.58. The van der Waals surface area contributed by atoms with E-state index in [4.69, 9.17) is 4.74 Å². The molecule has 0 aromatic heterocycles. The van der Waals surface area contributed by atoms with Crippen LogP contribution >= 0.6 is 0 Å². The van der Waals surface area contributed by atoms with Crippen LogP contribution in [0.1, 0.15) is 59.3 Å². The maximum atomic E-state index is 12.4. The molecule has 124 valence electrons. The Morgan fingerprint density at radius 3 is 2.67 bits per heavy atom. The van der Waals surface area contributed by atoms with E-state index in [1.165, 1.54) is 19.4 Å². The maximum Gasteiger partial charge on any atom is 0.326 e. The molecule has 1 saturated carbocycles. The number of carbonyl (C=O) groups excluding carboxylic acids is 1. The molecule has 1 aliphatic rings. The Kier molecular flexibility index (Phi) is 8.27. The Morgan fingerprint density at radius 2 is 2.10 bits per heavy atom.